The van der Waals surface area contributed by atoms with Gasteiger partial charge in [-0.25, -0.2) is 4.79 Å². The van der Waals surface area contributed by atoms with E-state index in [9.17, 15) is 24.3 Å². The number of β-lactam (4-membered cyclic amide) rings is 1. The molecular formula is C22H35N7O5S. The van der Waals surface area contributed by atoms with Gasteiger partial charge in [0.2, 0.25) is 17.7 Å². The Morgan fingerprint density at radius 2 is 1.91 bits per heavy atom. The third-order valence-corrected chi connectivity index (χ3v) is 8.97. The monoisotopic (exact) mass is 509 g/mol. The molecule has 4 aliphatic heterocycles. The lowest BCUT2D eigenvalue weighted by Gasteiger charge is -2.47. The fourth-order valence-electron chi connectivity index (χ4n) is 5.67. The quantitative estimate of drug-likeness (QED) is 0.190. The van der Waals surface area contributed by atoms with E-state index >= 15 is 0 Å². The number of amides is 3. The lowest BCUT2D eigenvalue weighted by molar-refractivity contribution is -0.158. The molecule has 0 aromatic rings. The fourth-order valence-corrected chi connectivity index (χ4v) is 7.15. The van der Waals surface area contributed by atoms with Gasteiger partial charge in [0.25, 0.3) is 0 Å². The van der Waals surface area contributed by atoms with Crippen molar-refractivity contribution >= 4 is 35.5 Å². The molecule has 3 saturated heterocycles. The predicted octanol–water partition coefficient (Wildman–Crippen LogP) is -2.56. The average Bonchev–Trinajstić information content (AvgIpc) is 3.45. The van der Waals surface area contributed by atoms with Crippen molar-refractivity contribution in [2.45, 2.75) is 55.7 Å². The second kappa shape index (κ2) is 10.1. The molecule has 4 aliphatic rings. The Kier molecular flexibility index (Phi) is 7.44. The molecule has 0 aliphatic carbocycles. The van der Waals surface area contributed by atoms with Gasteiger partial charge in [0.15, 0.2) is 0 Å². The molecule has 0 bridgehead atoms. The topological polar surface area (TPSA) is 183 Å². The normalized spacial score (nSPS) is 35.2. The first-order valence-corrected chi connectivity index (χ1v) is 12.9. The van der Waals surface area contributed by atoms with E-state index in [2.05, 4.69) is 16.0 Å². The summed E-state index contributed by atoms with van der Waals surface area (Å²) in [6, 6.07) is -1.56. The van der Waals surface area contributed by atoms with Crippen LogP contribution in [0, 0.1) is 11.8 Å². The minimum absolute atomic E-state index is 0.0132. The summed E-state index contributed by atoms with van der Waals surface area (Å²) in [5.41, 5.74) is 11.9. The van der Waals surface area contributed by atoms with E-state index in [0.29, 0.717) is 31.0 Å². The number of carbonyl (C=O) groups is 4. The molecule has 0 aromatic heterocycles. The summed E-state index contributed by atoms with van der Waals surface area (Å²) in [4.78, 5) is 53.8. The Hall–Kier alpha value is -2.19. The molecule has 0 aromatic carbocycles. The van der Waals surface area contributed by atoms with Crippen LogP contribution in [-0.4, -0.2) is 107 Å². The molecule has 12 nitrogen and oxygen atoms in total. The van der Waals surface area contributed by atoms with Gasteiger partial charge in [-0.05, 0) is 20.4 Å². The van der Waals surface area contributed by atoms with Gasteiger partial charge in [0.05, 0.1) is 24.5 Å². The Labute approximate surface area is 208 Å². The number of nitrogens with two attached hydrogens (primary N) is 2. The van der Waals surface area contributed by atoms with Crippen LogP contribution in [0.3, 0.4) is 0 Å². The van der Waals surface area contributed by atoms with Crippen molar-refractivity contribution in [3.8, 4) is 0 Å². The Morgan fingerprint density at radius 1 is 1.26 bits per heavy atom. The van der Waals surface area contributed by atoms with Crippen molar-refractivity contribution in [1.82, 2.24) is 25.8 Å². The third-order valence-electron chi connectivity index (χ3n) is 7.46. The highest BCUT2D eigenvalue weighted by atomic mass is 32.2. The van der Waals surface area contributed by atoms with Crippen molar-refractivity contribution in [2.24, 2.45) is 23.3 Å². The van der Waals surface area contributed by atoms with Crippen LogP contribution in [0.2, 0.25) is 0 Å². The molecule has 0 unspecified atom stereocenters. The number of fused-ring (bicyclic) bond motifs is 1. The number of hydrogen-bond acceptors (Lipinski definition) is 9. The van der Waals surface area contributed by atoms with Gasteiger partial charge in [-0.15, -0.1) is 11.8 Å². The molecule has 0 spiro atoms. The van der Waals surface area contributed by atoms with E-state index in [0.717, 1.165) is 0 Å². The Bertz CT molecular complexity index is 935. The van der Waals surface area contributed by atoms with Crippen molar-refractivity contribution < 1.29 is 24.3 Å². The average molecular weight is 510 g/mol. The minimum atomic E-state index is -1.14. The molecule has 13 heteroatoms. The van der Waals surface area contributed by atoms with Crippen LogP contribution in [0.1, 0.15) is 20.3 Å². The van der Waals surface area contributed by atoms with Gasteiger partial charge >= 0.3 is 5.97 Å². The van der Waals surface area contributed by atoms with Gasteiger partial charge in [-0.1, -0.05) is 6.92 Å². The van der Waals surface area contributed by atoms with E-state index in [-0.39, 0.29) is 65.3 Å². The number of carboxylic acid groups (broad SMARTS) is 1. The Morgan fingerprint density at radius 3 is 2.51 bits per heavy atom. The summed E-state index contributed by atoms with van der Waals surface area (Å²) in [5, 5.41) is 18.8. The van der Waals surface area contributed by atoms with Crippen LogP contribution in [0.5, 0.6) is 0 Å². The van der Waals surface area contributed by atoms with E-state index in [1.165, 1.54) is 16.7 Å². The second-order valence-electron chi connectivity index (χ2n) is 9.93. The largest absolute Gasteiger partial charge is 0.477 e. The van der Waals surface area contributed by atoms with Gasteiger partial charge in [-0.2, -0.15) is 0 Å². The number of thioether (sulfide) groups is 1. The van der Waals surface area contributed by atoms with E-state index < -0.39 is 17.9 Å². The summed E-state index contributed by atoms with van der Waals surface area (Å²) in [6.45, 7) is 5.26. The third kappa shape index (κ3) is 4.67. The molecular weight excluding hydrogens is 474 g/mol. The zero-order valence-corrected chi connectivity index (χ0v) is 21.0. The predicted molar refractivity (Wildman–Crippen MR) is 130 cm³/mol. The highest BCUT2D eigenvalue weighted by molar-refractivity contribution is 8.03. The number of hydrogen-bond donors (Lipinski definition) is 6. The molecule has 0 saturated carbocycles. The van der Waals surface area contributed by atoms with Gasteiger partial charge in [-0.3, -0.25) is 14.4 Å². The number of likely N-dealkylation sites (N-methyl/N-ethyl adjacent to an activating group) is 1. The lowest BCUT2D eigenvalue weighted by Crippen LogP contribution is -2.66. The van der Waals surface area contributed by atoms with E-state index in [4.69, 9.17) is 11.5 Å². The first-order chi connectivity index (χ1) is 16.5. The molecule has 3 amide bonds. The van der Waals surface area contributed by atoms with Crippen LogP contribution in [0.25, 0.3) is 0 Å². The maximum atomic E-state index is 13.0. The van der Waals surface area contributed by atoms with Crippen LogP contribution in [0.4, 0.5) is 0 Å². The lowest BCUT2D eigenvalue weighted by atomic mass is 9.78. The molecule has 8 N–H and O–H groups in total. The SMILES string of the molecule is CNCC(=O)N[C@H](C)[C@H]1C(=O)N2C(C(=O)O)=C(S[C@@H]3CN[C@H](C(=O)N4C[C@H](N)[C@@H](N)C4)C3)[C@H](C)[C@H]12. The van der Waals surface area contributed by atoms with Crippen molar-refractivity contribution in [3.63, 3.8) is 0 Å². The summed E-state index contributed by atoms with van der Waals surface area (Å²) >= 11 is 1.43. The number of nitrogens with one attached hydrogen (secondary N) is 3. The highest BCUT2D eigenvalue weighted by Crippen LogP contribution is 2.51. The summed E-state index contributed by atoms with van der Waals surface area (Å²) in [7, 11) is 1.66. The van der Waals surface area contributed by atoms with Gasteiger partial charge in [0, 0.05) is 53.8 Å². The smallest absolute Gasteiger partial charge is 0.353 e. The molecule has 35 heavy (non-hydrogen) atoms. The molecule has 4 rings (SSSR count). The van der Waals surface area contributed by atoms with E-state index in [1.54, 1.807) is 18.9 Å². The van der Waals surface area contributed by atoms with Gasteiger partial charge in [0.1, 0.15) is 5.70 Å². The van der Waals surface area contributed by atoms with Crippen LogP contribution in [0.15, 0.2) is 10.6 Å². The zero-order valence-electron chi connectivity index (χ0n) is 20.2. The van der Waals surface area contributed by atoms with Crippen LogP contribution >= 0.6 is 11.8 Å². The number of aliphatic carboxylic acids is 1. The molecule has 194 valence electrons. The van der Waals surface area contributed by atoms with Crippen molar-refractivity contribution in [3.05, 3.63) is 10.6 Å². The number of rotatable bonds is 8. The number of carboxylic acids is 1. The highest BCUT2D eigenvalue weighted by Gasteiger charge is 2.60. The zero-order chi connectivity index (χ0) is 25.6. The molecule has 4 heterocycles. The summed E-state index contributed by atoms with van der Waals surface area (Å²) < 4.78 is 0. The number of nitrogens with zero attached hydrogens (tertiary/aromatic N) is 2. The second-order valence-corrected chi connectivity index (χ2v) is 11.3. The van der Waals surface area contributed by atoms with Crippen molar-refractivity contribution in [2.75, 3.05) is 33.2 Å². The number of likely N-dealkylation sites (tertiary alicyclic amines) is 1. The minimum Gasteiger partial charge on any atom is -0.477 e. The van der Waals surface area contributed by atoms with Crippen LogP contribution in [-0.2, 0) is 19.2 Å². The first-order valence-electron chi connectivity index (χ1n) is 12.0. The van der Waals surface area contributed by atoms with Crippen LogP contribution < -0.4 is 27.4 Å². The fraction of sp³-hybridized carbons (Fsp3) is 0.727. The van der Waals surface area contributed by atoms with E-state index in [1.807, 2.05) is 6.92 Å². The summed E-state index contributed by atoms with van der Waals surface area (Å²) in [6.07, 6.45) is 0.548. The molecule has 3 fully saturated rings. The standard InChI is InChI=1S/C22H35N7O5S/c1-9-17-16(10(2)27-15(30)6-25-3)21(32)29(17)18(22(33)34)19(9)35-11-4-14(26-5-11)20(31)28-7-12(23)13(24)8-28/h9-14,16-17,25-26H,4-8,23-24H2,1-3H3,(H,27,30)(H,33,34)/t9-,10-,11+,12+,13+,14+,16-,17-/m1/s1. The molecule has 8 atom stereocenters. The Balaban J connectivity index is 1.43. The van der Waals surface area contributed by atoms with Crippen molar-refractivity contribution in [1.29, 1.82) is 0 Å². The maximum Gasteiger partial charge on any atom is 0.353 e. The first kappa shape index (κ1) is 25.9. The maximum absolute atomic E-state index is 13.0. The summed E-state index contributed by atoms with van der Waals surface area (Å²) in [5.74, 6) is -2.36. The number of carbonyl (C=O) groups excluding carboxylic acids is 3. The molecule has 0 radical (unpaired) electrons. The van der Waals surface area contributed by atoms with Gasteiger partial charge < -0.3 is 42.3 Å².